The number of fused-ring (bicyclic) bond motifs is 2. The summed E-state index contributed by atoms with van der Waals surface area (Å²) in [4.78, 5) is 26.6. The monoisotopic (exact) mass is 426 g/mol. The Kier molecular flexibility index (Phi) is 5.94. The molecule has 0 spiro atoms. The number of nitrogens with one attached hydrogen (secondary N) is 1. The van der Waals surface area contributed by atoms with Crippen LogP contribution in [0.4, 0.5) is 0 Å². The van der Waals surface area contributed by atoms with Crippen LogP contribution in [0.5, 0.6) is 5.75 Å². The molecule has 3 atom stereocenters. The highest BCUT2D eigenvalue weighted by Crippen LogP contribution is 2.33. The zero-order valence-corrected chi connectivity index (χ0v) is 17.7. The number of nitrogens with zero attached hydrogens (tertiary/aromatic N) is 1. The molecule has 0 saturated carbocycles. The first-order valence-electron chi connectivity index (χ1n) is 9.25. The van der Waals surface area contributed by atoms with Crippen molar-refractivity contribution < 1.29 is 13.9 Å². The van der Waals surface area contributed by atoms with E-state index in [-0.39, 0.29) is 23.9 Å². The van der Waals surface area contributed by atoms with Gasteiger partial charge in [-0.25, -0.2) is 4.79 Å². The summed E-state index contributed by atoms with van der Waals surface area (Å²) < 4.78 is 11.2. The van der Waals surface area contributed by atoms with Crippen LogP contribution in [0.1, 0.15) is 18.1 Å². The minimum atomic E-state index is -0.662. The Morgan fingerprint density at radius 1 is 1.25 bits per heavy atom. The Morgan fingerprint density at radius 3 is 2.54 bits per heavy atom. The summed E-state index contributed by atoms with van der Waals surface area (Å²) in [5.74, 6) is 1.37. The molecule has 8 heteroatoms. The molecule has 1 N–H and O–H groups in total. The fourth-order valence-electron chi connectivity index (χ4n) is 4.07. The van der Waals surface area contributed by atoms with Gasteiger partial charge in [-0.15, -0.1) is 12.4 Å². The lowest BCUT2D eigenvalue weighted by molar-refractivity contribution is -0.137. The maximum Gasteiger partial charge on any atom is 0.339 e. The number of aryl methyl sites for hydroxylation is 1. The lowest BCUT2D eigenvalue weighted by Gasteiger charge is -2.23. The highest BCUT2D eigenvalue weighted by Gasteiger charge is 2.39. The van der Waals surface area contributed by atoms with Crippen LogP contribution in [-0.2, 0) is 4.79 Å². The van der Waals surface area contributed by atoms with Crippen molar-refractivity contribution in [3.05, 3.63) is 38.7 Å². The van der Waals surface area contributed by atoms with Gasteiger partial charge in [0.2, 0.25) is 0 Å². The molecular weight excluding hydrogens is 403 g/mol. The van der Waals surface area contributed by atoms with E-state index < -0.39 is 6.10 Å². The van der Waals surface area contributed by atoms with E-state index >= 15 is 0 Å². The minimum absolute atomic E-state index is 0. The van der Waals surface area contributed by atoms with E-state index in [9.17, 15) is 9.59 Å². The number of ether oxygens (including phenoxy) is 1. The van der Waals surface area contributed by atoms with Crippen molar-refractivity contribution in [3.63, 3.8) is 0 Å². The van der Waals surface area contributed by atoms with Gasteiger partial charge in [-0.05, 0) is 44.2 Å². The Labute approximate surface area is 174 Å². The molecule has 2 fully saturated rings. The number of rotatable bonds is 3. The smallest absolute Gasteiger partial charge is 0.339 e. The minimum Gasteiger partial charge on any atom is -0.479 e. The molecule has 1 amide bonds. The molecule has 4 rings (SSSR count). The Balaban J connectivity index is 0.00000225. The summed E-state index contributed by atoms with van der Waals surface area (Å²) in [5, 5.41) is 4.52. The normalized spacial score (nSPS) is 22.1. The van der Waals surface area contributed by atoms with E-state index in [0.717, 1.165) is 37.1 Å². The van der Waals surface area contributed by atoms with Gasteiger partial charge >= 0.3 is 5.63 Å². The molecule has 0 aliphatic carbocycles. The first kappa shape index (κ1) is 21.0. The molecule has 1 aromatic heterocycles. The van der Waals surface area contributed by atoms with E-state index in [2.05, 4.69) is 5.32 Å². The van der Waals surface area contributed by atoms with Crippen LogP contribution in [0.15, 0.2) is 21.3 Å². The fraction of sp³-hybridized carbons (Fsp3) is 0.500. The molecule has 0 bridgehead atoms. The third kappa shape index (κ3) is 3.61. The fourth-order valence-corrected chi connectivity index (χ4v) is 4.28. The molecule has 152 valence electrons. The van der Waals surface area contributed by atoms with Gasteiger partial charge in [0, 0.05) is 43.2 Å². The Bertz CT molecular complexity index is 963. The largest absolute Gasteiger partial charge is 0.479 e. The SMILES string of the molecule is Cc1c(C)c2cc(Cl)c(OC(C)C(=O)N3C[C@H]4CNC[C@H]4C3)cc2oc1=O.Cl. The first-order valence-corrected chi connectivity index (χ1v) is 9.62. The molecule has 0 radical (unpaired) electrons. The maximum atomic E-state index is 12.8. The molecule has 3 heterocycles. The van der Waals surface area contributed by atoms with Gasteiger partial charge in [-0.2, -0.15) is 0 Å². The molecule has 6 nitrogen and oxygen atoms in total. The zero-order chi connectivity index (χ0) is 19.3. The average Bonchev–Trinajstić information content (AvgIpc) is 3.23. The van der Waals surface area contributed by atoms with Crippen molar-refractivity contribution >= 4 is 40.9 Å². The van der Waals surface area contributed by atoms with Gasteiger partial charge in [0.1, 0.15) is 11.3 Å². The number of hydrogen-bond donors (Lipinski definition) is 1. The molecule has 1 unspecified atom stereocenters. The summed E-state index contributed by atoms with van der Waals surface area (Å²) in [5.41, 5.74) is 1.42. The van der Waals surface area contributed by atoms with Gasteiger partial charge in [0.05, 0.1) is 5.02 Å². The van der Waals surface area contributed by atoms with Crippen LogP contribution in [0.3, 0.4) is 0 Å². The number of likely N-dealkylation sites (tertiary alicyclic amines) is 1. The third-order valence-corrected chi connectivity index (χ3v) is 6.16. The molecule has 28 heavy (non-hydrogen) atoms. The second-order valence-corrected chi connectivity index (χ2v) is 8.01. The van der Waals surface area contributed by atoms with E-state index in [0.29, 0.717) is 33.8 Å². The van der Waals surface area contributed by atoms with Crippen molar-refractivity contribution in [2.24, 2.45) is 11.8 Å². The molecule has 2 saturated heterocycles. The van der Waals surface area contributed by atoms with Crippen molar-refractivity contribution in [1.29, 1.82) is 0 Å². The van der Waals surface area contributed by atoms with E-state index in [1.807, 2.05) is 11.8 Å². The van der Waals surface area contributed by atoms with Gasteiger partial charge in [-0.3, -0.25) is 4.79 Å². The number of benzene rings is 1. The summed E-state index contributed by atoms with van der Waals surface area (Å²) in [6.07, 6.45) is -0.662. The lowest BCUT2D eigenvalue weighted by Crippen LogP contribution is -2.40. The summed E-state index contributed by atoms with van der Waals surface area (Å²) in [6, 6.07) is 3.32. The quantitative estimate of drug-likeness (QED) is 0.763. The topological polar surface area (TPSA) is 71.8 Å². The van der Waals surface area contributed by atoms with Gasteiger partial charge in [-0.1, -0.05) is 11.6 Å². The Morgan fingerprint density at radius 2 is 1.89 bits per heavy atom. The Hall–Kier alpha value is -1.76. The molecule has 2 aliphatic heterocycles. The highest BCUT2D eigenvalue weighted by atomic mass is 35.5. The molecule has 2 aromatic rings. The number of amides is 1. The summed E-state index contributed by atoms with van der Waals surface area (Å²) in [7, 11) is 0. The van der Waals surface area contributed by atoms with Gasteiger partial charge in [0.25, 0.3) is 5.91 Å². The highest BCUT2D eigenvalue weighted by molar-refractivity contribution is 6.32. The predicted octanol–water partition coefficient (Wildman–Crippen LogP) is 2.93. The third-order valence-electron chi connectivity index (χ3n) is 5.86. The average molecular weight is 427 g/mol. The molecule has 1 aromatic carbocycles. The van der Waals surface area contributed by atoms with Crippen LogP contribution < -0.4 is 15.7 Å². The lowest BCUT2D eigenvalue weighted by atomic mass is 10.0. The van der Waals surface area contributed by atoms with Crippen LogP contribution in [0.2, 0.25) is 5.02 Å². The molecular formula is C20H24Cl2N2O4. The van der Waals surface area contributed by atoms with Crippen LogP contribution >= 0.6 is 24.0 Å². The van der Waals surface area contributed by atoms with E-state index in [1.54, 1.807) is 26.0 Å². The van der Waals surface area contributed by atoms with Crippen molar-refractivity contribution in [2.45, 2.75) is 26.9 Å². The number of halogens is 2. The van der Waals surface area contributed by atoms with Crippen LogP contribution in [-0.4, -0.2) is 43.1 Å². The number of hydrogen-bond acceptors (Lipinski definition) is 5. The van der Waals surface area contributed by atoms with Gasteiger partial charge < -0.3 is 19.4 Å². The number of carbonyl (C=O) groups excluding carboxylic acids is 1. The second kappa shape index (κ2) is 7.93. The van der Waals surface area contributed by atoms with Crippen LogP contribution in [0.25, 0.3) is 11.0 Å². The van der Waals surface area contributed by atoms with Crippen molar-refractivity contribution in [2.75, 3.05) is 26.2 Å². The summed E-state index contributed by atoms with van der Waals surface area (Å²) in [6.45, 7) is 8.78. The predicted molar refractivity (Wildman–Crippen MR) is 111 cm³/mol. The maximum absolute atomic E-state index is 12.8. The van der Waals surface area contributed by atoms with Crippen molar-refractivity contribution in [1.82, 2.24) is 10.2 Å². The van der Waals surface area contributed by atoms with Gasteiger partial charge in [0.15, 0.2) is 6.10 Å². The van der Waals surface area contributed by atoms with Crippen molar-refractivity contribution in [3.8, 4) is 5.75 Å². The first-order chi connectivity index (χ1) is 12.8. The van der Waals surface area contributed by atoms with Crippen LogP contribution in [0, 0.1) is 25.7 Å². The van der Waals surface area contributed by atoms with E-state index in [4.69, 9.17) is 20.8 Å². The standard InChI is InChI=1S/C20H23ClN2O4.ClH/c1-10-11(2)20(25)27-17-5-18(16(21)4-15(10)17)26-12(3)19(24)23-8-13-6-22-7-14(13)9-23;/h4-5,12-14,22H,6-9H2,1-3H3;1H/t12?,13-,14+;. The summed E-state index contributed by atoms with van der Waals surface area (Å²) >= 11 is 6.38. The zero-order valence-electron chi connectivity index (χ0n) is 16.1. The van der Waals surface area contributed by atoms with E-state index in [1.165, 1.54) is 0 Å². The molecule has 2 aliphatic rings. The second-order valence-electron chi connectivity index (χ2n) is 7.60. The number of carbonyl (C=O) groups is 1.